The van der Waals surface area contributed by atoms with E-state index in [-0.39, 0.29) is 11.7 Å². The number of aromatic nitrogens is 1. The van der Waals surface area contributed by atoms with E-state index in [0.717, 1.165) is 22.0 Å². The average molecular weight is 426 g/mol. The van der Waals surface area contributed by atoms with Gasteiger partial charge in [0.1, 0.15) is 5.82 Å². The number of hydrogen-bond donors (Lipinski definition) is 1. The number of fused-ring (bicyclic) bond motifs is 1. The van der Waals surface area contributed by atoms with Gasteiger partial charge in [0, 0.05) is 35.4 Å². The van der Waals surface area contributed by atoms with Crippen molar-refractivity contribution in [1.82, 2.24) is 9.88 Å². The van der Waals surface area contributed by atoms with Gasteiger partial charge in [0.2, 0.25) is 0 Å². The molecule has 7 heteroatoms. The molecule has 2 heterocycles. The molecule has 0 bridgehead atoms. The molecule has 2 aromatic carbocycles. The van der Waals surface area contributed by atoms with Crippen LogP contribution in [0, 0.1) is 12.7 Å². The Balaban J connectivity index is 1.42. The Morgan fingerprint density at radius 2 is 1.90 bits per heavy atom. The van der Waals surface area contributed by atoms with Crippen LogP contribution in [0.5, 0.6) is 0 Å². The maximum atomic E-state index is 13.7. The molecule has 1 aliphatic rings. The summed E-state index contributed by atoms with van der Waals surface area (Å²) in [5.41, 5.74) is 3.15. The van der Waals surface area contributed by atoms with Crippen LogP contribution in [0.15, 0.2) is 48.7 Å². The molecule has 154 valence electrons. The number of rotatable bonds is 2. The van der Waals surface area contributed by atoms with Gasteiger partial charge in [-0.05, 0) is 79.3 Å². The lowest BCUT2D eigenvalue weighted by molar-refractivity contribution is -0.143. The second kappa shape index (κ2) is 8.40. The van der Waals surface area contributed by atoms with Crippen molar-refractivity contribution in [2.24, 2.45) is 0 Å². The first-order valence-electron chi connectivity index (χ1n) is 9.83. The number of pyridine rings is 1. The summed E-state index contributed by atoms with van der Waals surface area (Å²) in [4.78, 5) is 30.9. The fraction of sp³-hybridized carbons (Fsp3) is 0.261. The molecule has 0 radical (unpaired) electrons. The standard InChI is InChI=1S/C23H21ClFN3O2/c1-14-12-16(24)2-4-20(14)27-22(29)23(30)28-10-7-15(8-11-28)18-6-9-26-21-5-3-17(25)13-19(18)21/h2-6,9,12-13,15H,7-8,10-11H2,1H3,(H,27,29). The average Bonchev–Trinajstić information content (AvgIpc) is 2.75. The van der Waals surface area contributed by atoms with Crippen molar-refractivity contribution in [3.8, 4) is 0 Å². The van der Waals surface area contributed by atoms with Crippen molar-refractivity contribution in [1.29, 1.82) is 0 Å². The van der Waals surface area contributed by atoms with Gasteiger partial charge in [0.25, 0.3) is 0 Å². The van der Waals surface area contributed by atoms with Crippen molar-refractivity contribution >= 4 is 40.0 Å². The van der Waals surface area contributed by atoms with Crippen LogP contribution in [-0.2, 0) is 9.59 Å². The Morgan fingerprint density at radius 3 is 2.63 bits per heavy atom. The topological polar surface area (TPSA) is 62.3 Å². The van der Waals surface area contributed by atoms with E-state index in [9.17, 15) is 14.0 Å². The van der Waals surface area contributed by atoms with Crippen molar-refractivity contribution in [3.05, 3.63) is 70.6 Å². The predicted octanol–water partition coefficient (Wildman–Crippen LogP) is 4.68. The number of amides is 2. The molecule has 1 aliphatic heterocycles. The largest absolute Gasteiger partial charge is 0.334 e. The lowest BCUT2D eigenvalue weighted by Crippen LogP contribution is -2.43. The van der Waals surface area contributed by atoms with E-state index in [2.05, 4.69) is 10.3 Å². The summed E-state index contributed by atoms with van der Waals surface area (Å²) in [6, 6.07) is 11.6. The van der Waals surface area contributed by atoms with Crippen molar-refractivity contribution in [2.45, 2.75) is 25.7 Å². The highest BCUT2D eigenvalue weighted by molar-refractivity contribution is 6.39. The molecular formula is C23H21ClFN3O2. The Hall–Kier alpha value is -2.99. The number of likely N-dealkylation sites (tertiary alicyclic amines) is 1. The van der Waals surface area contributed by atoms with Gasteiger partial charge in [0.15, 0.2) is 0 Å². The number of nitrogens with zero attached hydrogens (tertiary/aromatic N) is 2. The molecule has 30 heavy (non-hydrogen) atoms. The summed E-state index contributed by atoms with van der Waals surface area (Å²) in [6.45, 7) is 2.75. The van der Waals surface area contributed by atoms with Gasteiger partial charge >= 0.3 is 11.8 Å². The van der Waals surface area contributed by atoms with Gasteiger partial charge in [0.05, 0.1) is 5.52 Å². The van der Waals surface area contributed by atoms with Gasteiger partial charge in [-0.15, -0.1) is 0 Å². The molecule has 0 unspecified atom stereocenters. The van der Waals surface area contributed by atoms with Crippen LogP contribution in [0.3, 0.4) is 0 Å². The summed E-state index contributed by atoms with van der Waals surface area (Å²) in [5, 5.41) is 4.04. The van der Waals surface area contributed by atoms with Gasteiger partial charge in [-0.3, -0.25) is 14.6 Å². The van der Waals surface area contributed by atoms with Gasteiger partial charge in [-0.25, -0.2) is 4.39 Å². The molecule has 1 aromatic heterocycles. The highest BCUT2D eigenvalue weighted by atomic mass is 35.5. The zero-order valence-electron chi connectivity index (χ0n) is 16.5. The first-order chi connectivity index (χ1) is 14.4. The molecule has 4 rings (SSSR count). The predicted molar refractivity (Wildman–Crippen MR) is 115 cm³/mol. The normalized spacial score (nSPS) is 14.7. The van der Waals surface area contributed by atoms with Crippen LogP contribution < -0.4 is 5.32 Å². The molecule has 0 aliphatic carbocycles. The van der Waals surface area contributed by atoms with E-state index in [1.807, 2.05) is 13.0 Å². The minimum atomic E-state index is -0.657. The second-order valence-electron chi connectivity index (χ2n) is 7.54. The molecule has 1 saturated heterocycles. The monoisotopic (exact) mass is 425 g/mol. The summed E-state index contributed by atoms with van der Waals surface area (Å²) in [5.74, 6) is -1.31. The number of hydrogen-bond acceptors (Lipinski definition) is 3. The van der Waals surface area contributed by atoms with Gasteiger partial charge in [-0.1, -0.05) is 11.6 Å². The van der Waals surface area contributed by atoms with Crippen LogP contribution in [0.2, 0.25) is 5.02 Å². The third-order valence-corrected chi connectivity index (χ3v) is 5.83. The van der Waals surface area contributed by atoms with E-state index in [0.29, 0.717) is 36.6 Å². The van der Waals surface area contributed by atoms with Gasteiger partial charge in [-0.2, -0.15) is 0 Å². The molecule has 2 amide bonds. The molecule has 3 aromatic rings. The van der Waals surface area contributed by atoms with E-state index < -0.39 is 11.8 Å². The number of carbonyl (C=O) groups is 2. The fourth-order valence-electron chi connectivity index (χ4n) is 3.98. The van der Waals surface area contributed by atoms with Crippen molar-refractivity contribution < 1.29 is 14.0 Å². The summed E-state index contributed by atoms with van der Waals surface area (Å²) in [7, 11) is 0. The van der Waals surface area contributed by atoms with Crippen LogP contribution in [0.25, 0.3) is 10.9 Å². The molecule has 0 atom stereocenters. The smallest absolute Gasteiger partial charge is 0.313 e. The Bertz CT molecular complexity index is 1130. The number of halogens is 2. The van der Waals surface area contributed by atoms with Crippen LogP contribution in [0.4, 0.5) is 10.1 Å². The maximum absolute atomic E-state index is 13.7. The minimum Gasteiger partial charge on any atom is -0.334 e. The number of aryl methyl sites for hydroxylation is 1. The molecular weight excluding hydrogens is 405 g/mol. The number of benzene rings is 2. The lowest BCUT2D eigenvalue weighted by Gasteiger charge is -2.32. The van der Waals surface area contributed by atoms with Crippen LogP contribution >= 0.6 is 11.6 Å². The number of nitrogens with one attached hydrogen (secondary N) is 1. The van der Waals surface area contributed by atoms with E-state index >= 15 is 0 Å². The van der Waals surface area contributed by atoms with Gasteiger partial charge < -0.3 is 10.2 Å². The zero-order chi connectivity index (χ0) is 21.3. The highest BCUT2D eigenvalue weighted by Crippen LogP contribution is 2.33. The number of carbonyl (C=O) groups excluding carboxylic acids is 2. The second-order valence-corrected chi connectivity index (χ2v) is 7.98. The van der Waals surface area contributed by atoms with E-state index in [4.69, 9.17) is 11.6 Å². The molecule has 5 nitrogen and oxygen atoms in total. The third kappa shape index (κ3) is 4.14. The minimum absolute atomic E-state index is 0.183. The fourth-order valence-corrected chi connectivity index (χ4v) is 4.20. The Labute approximate surface area is 178 Å². The van der Waals surface area contributed by atoms with Crippen LogP contribution in [-0.4, -0.2) is 34.8 Å². The lowest BCUT2D eigenvalue weighted by atomic mass is 9.87. The number of anilines is 1. The van der Waals surface area contributed by atoms with E-state index in [1.165, 1.54) is 12.1 Å². The first kappa shape index (κ1) is 20.3. The summed E-state index contributed by atoms with van der Waals surface area (Å²) >= 11 is 5.93. The third-order valence-electron chi connectivity index (χ3n) is 5.59. The SMILES string of the molecule is Cc1cc(Cl)ccc1NC(=O)C(=O)N1CCC(c2ccnc3ccc(F)cc23)CC1. The molecule has 0 spiro atoms. The molecule has 1 N–H and O–H groups in total. The summed E-state index contributed by atoms with van der Waals surface area (Å²) in [6.07, 6.45) is 3.14. The van der Waals surface area contributed by atoms with Crippen LogP contribution in [0.1, 0.15) is 29.9 Å². The molecule has 0 saturated carbocycles. The van der Waals surface area contributed by atoms with Crippen molar-refractivity contribution in [3.63, 3.8) is 0 Å². The molecule has 1 fully saturated rings. The Morgan fingerprint density at radius 1 is 1.13 bits per heavy atom. The first-order valence-corrected chi connectivity index (χ1v) is 10.2. The number of piperidine rings is 1. The van der Waals surface area contributed by atoms with E-state index in [1.54, 1.807) is 35.4 Å². The van der Waals surface area contributed by atoms with Crippen molar-refractivity contribution in [2.75, 3.05) is 18.4 Å². The maximum Gasteiger partial charge on any atom is 0.313 e. The highest BCUT2D eigenvalue weighted by Gasteiger charge is 2.28. The Kier molecular flexibility index (Phi) is 5.68. The zero-order valence-corrected chi connectivity index (χ0v) is 17.2. The summed E-state index contributed by atoms with van der Waals surface area (Å²) < 4.78 is 13.7. The quantitative estimate of drug-likeness (QED) is 0.606.